The number of nitrogens with one attached hydrogen (secondary N) is 1. The van der Waals surface area contributed by atoms with Crippen molar-refractivity contribution >= 4 is 22.4 Å². The molecule has 1 aliphatic rings. The zero-order chi connectivity index (χ0) is 22.7. The summed E-state index contributed by atoms with van der Waals surface area (Å²) in [5.74, 6) is 1.17. The van der Waals surface area contributed by atoms with Crippen LogP contribution in [0.5, 0.6) is 0 Å². The molecule has 168 valence electrons. The SMILES string of the molecule is CC(C)Nc1cncc(-c2cc3cc(CC(=O)C4CCN(C(C)C)CC4)ncc3cn2)n1. The number of fused-ring (bicyclic) bond motifs is 1. The Bertz CT molecular complexity index is 1090. The molecule has 1 fully saturated rings. The number of rotatable bonds is 7. The molecule has 0 bridgehead atoms. The smallest absolute Gasteiger partial charge is 0.145 e. The summed E-state index contributed by atoms with van der Waals surface area (Å²) in [6.07, 6.45) is 9.30. The Morgan fingerprint density at radius 2 is 1.75 bits per heavy atom. The van der Waals surface area contributed by atoms with Crippen LogP contribution < -0.4 is 5.32 Å². The van der Waals surface area contributed by atoms with Crippen LogP contribution in [0.15, 0.2) is 36.9 Å². The molecule has 32 heavy (non-hydrogen) atoms. The number of likely N-dealkylation sites (tertiary alicyclic amines) is 1. The zero-order valence-corrected chi connectivity index (χ0v) is 19.4. The van der Waals surface area contributed by atoms with Crippen molar-refractivity contribution in [3.8, 4) is 11.4 Å². The van der Waals surface area contributed by atoms with Gasteiger partial charge in [-0.3, -0.25) is 19.7 Å². The van der Waals surface area contributed by atoms with E-state index in [2.05, 4.69) is 57.8 Å². The van der Waals surface area contributed by atoms with Crippen molar-refractivity contribution in [2.24, 2.45) is 5.92 Å². The van der Waals surface area contributed by atoms with Crippen LogP contribution >= 0.6 is 0 Å². The van der Waals surface area contributed by atoms with E-state index in [1.54, 1.807) is 24.8 Å². The first-order valence-electron chi connectivity index (χ1n) is 11.5. The van der Waals surface area contributed by atoms with Gasteiger partial charge in [0, 0.05) is 47.9 Å². The molecule has 3 aromatic heterocycles. The molecule has 0 aliphatic carbocycles. The molecule has 0 aromatic carbocycles. The minimum Gasteiger partial charge on any atom is -0.367 e. The molecule has 4 rings (SSSR count). The van der Waals surface area contributed by atoms with E-state index in [9.17, 15) is 4.79 Å². The topological polar surface area (TPSA) is 83.9 Å². The third-order valence-corrected chi connectivity index (χ3v) is 6.06. The highest BCUT2D eigenvalue weighted by atomic mass is 16.1. The van der Waals surface area contributed by atoms with Crippen LogP contribution in [-0.2, 0) is 11.2 Å². The summed E-state index contributed by atoms with van der Waals surface area (Å²) in [6, 6.07) is 4.82. The van der Waals surface area contributed by atoms with Gasteiger partial charge in [-0.25, -0.2) is 4.98 Å². The molecule has 0 unspecified atom stereocenters. The van der Waals surface area contributed by atoms with Gasteiger partial charge in [0.15, 0.2) is 0 Å². The lowest BCUT2D eigenvalue weighted by atomic mass is 9.89. The Hall–Kier alpha value is -2.93. The summed E-state index contributed by atoms with van der Waals surface area (Å²) >= 11 is 0. The number of ketones is 1. The molecule has 7 heteroatoms. The Kier molecular flexibility index (Phi) is 6.74. The molecule has 0 spiro atoms. The number of anilines is 1. The summed E-state index contributed by atoms with van der Waals surface area (Å²) in [5, 5.41) is 5.22. The molecule has 0 amide bonds. The Labute approximate surface area is 189 Å². The first-order valence-corrected chi connectivity index (χ1v) is 11.5. The minimum atomic E-state index is 0.141. The largest absolute Gasteiger partial charge is 0.367 e. The predicted octanol–water partition coefficient (Wildman–Crippen LogP) is 4.14. The van der Waals surface area contributed by atoms with Crippen molar-refractivity contribution < 1.29 is 4.79 Å². The molecule has 4 heterocycles. The molecular formula is C25H32N6O. The Morgan fingerprint density at radius 3 is 2.47 bits per heavy atom. The summed E-state index contributed by atoms with van der Waals surface area (Å²) in [4.78, 5) is 33.3. The van der Waals surface area contributed by atoms with Gasteiger partial charge < -0.3 is 10.2 Å². The molecule has 1 N–H and O–H groups in total. The quantitative estimate of drug-likeness (QED) is 0.601. The standard InChI is InChI=1S/C25H32N6O/c1-16(2)29-25-15-26-14-23(30-25)22-10-19-9-21(27-12-20(19)13-28-22)11-24(32)18-5-7-31(8-6-18)17(3)4/h9-10,12-18H,5-8,11H2,1-4H3,(H,29,30). The van der Waals surface area contributed by atoms with Gasteiger partial charge in [-0.15, -0.1) is 0 Å². The number of Topliss-reactive ketones (excluding diaryl/α,β-unsaturated/α-hetero) is 1. The van der Waals surface area contributed by atoms with Gasteiger partial charge in [-0.05, 0) is 71.1 Å². The molecule has 0 saturated carbocycles. The third kappa shape index (κ3) is 5.27. The molecule has 0 atom stereocenters. The van der Waals surface area contributed by atoms with Crippen LogP contribution in [0.1, 0.15) is 46.2 Å². The van der Waals surface area contributed by atoms with Crippen LogP contribution in [0.3, 0.4) is 0 Å². The fourth-order valence-corrected chi connectivity index (χ4v) is 4.24. The van der Waals surface area contributed by atoms with Crippen LogP contribution in [-0.4, -0.2) is 55.8 Å². The highest BCUT2D eigenvalue weighted by molar-refractivity contribution is 5.87. The maximum Gasteiger partial charge on any atom is 0.145 e. The van der Waals surface area contributed by atoms with Gasteiger partial charge in [-0.2, -0.15) is 0 Å². The van der Waals surface area contributed by atoms with E-state index in [0.29, 0.717) is 23.9 Å². The summed E-state index contributed by atoms with van der Waals surface area (Å²) in [5.41, 5.74) is 2.28. The number of piperidine rings is 1. The summed E-state index contributed by atoms with van der Waals surface area (Å²) in [7, 11) is 0. The van der Waals surface area contributed by atoms with Crippen molar-refractivity contribution in [3.63, 3.8) is 0 Å². The van der Waals surface area contributed by atoms with Crippen molar-refractivity contribution in [1.29, 1.82) is 0 Å². The van der Waals surface area contributed by atoms with E-state index < -0.39 is 0 Å². The molecule has 1 aliphatic heterocycles. The highest BCUT2D eigenvalue weighted by Gasteiger charge is 2.26. The van der Waals surface area contributed by atoms with E-state index >= 15 is 0 Å². The third-order valence-electron chi connectivity index (χ3n) is 6.06. The molecular weight excluding hydrogens is 400 g/mol. The maximum absolute atomic E-state index is 12.9. The van der Waals surface area contributed by atoms with Crippen molar-refractivity contribution in [3.05, 3.63) is 42.6 Å². The molecule has 7 nitrogen and oxygen atoms in total. The van der Waals surface area contributed by atoms with Crippen molar-refractivity contribution in [2.45, 2.75) is 59.0 Å². The average Bonchev–Trinajstić information content (AvgIpc) is 2.78. The lowest BCUT2D eigenvalue weighted by Crippen LogP contribution is -2.40. The molecule has 1 saturated heterocycles. The average molecular weight is 433 g/mol. The van der Waals surface area contributed by atoms with E-state index in [1.807, 2.05) is 12.1 Å². The van der Waals surface area contributed by atoms with Gasteiger partial charge in [0.25, 0.3) is 0 Å². The van der Waals surface area contributed by atoms with Crippen LogP contribution in [0.25, 0.3) is 22.2 Å². The van der Waals surface area contributed by atoms with E-state index in [1.165, 1.54) is 0 Å². The van der Waals surface area contributed by atoms with Gasteiger partial charge in [-0.1, -0.05) is 0 Å². The van der Waals surface area contributed by atoms with Gasteiger partial charge >= 0.3 is 0 Å². The maximum atomic E-state index is 12.9. The van der Waals surface area contributed by atoms with Crippen LogP contribution in [0.4, 0.5) is 5.82 Å². The number of pyridine rings is 2. The van der Waals surface area contributed by atoms with Crippen LogP contribution in [0, 0.1) is 5.92 Å². The number of hydrogen-bond donors (Lipinski definition) is 1. The number of aromatic nitrogens is 4. The zero-order valence-electron chi connectivity index (χ0n) is 19.4. The fraction of sp³-hybridized carbons (Fsp3) is 0.480. The van der Waals surface area contributed by atoms with Crippen molar-refractivity contribution in [2.75, 3.05) is 18.4 Å². The predicted molar refractivity (Wildman–Crippen MR) is 127 cm³/mol. The van der Waals surface area contributed by atoms with Gasteiger partial charge in [0.1, 0.15) is 17.3 Å². The summed E-state index contributed by atoms with van der Waals surface area (Å²) < 4.78 is 0. The van der Waals surface area contributed by atoms with E-state index in [4.69, 9.17) is 0 Å². The second-order valence-electron chi connectivity index (χ2n) is 9.23. The van der Waals surface area contributed by atoms with Gasteiger partial charge in [0.05, 0.1) is 18.1 Å². The molecule has 3 aromatic rings. The number of carbonyl (C=O) groups is 1. The van der Waals surface area contributed by atoms with E-state index in [0.717, 1.165) is 53.9 Å². The normalized spacial score (nSPS) is 15.6. The first-order chi connectivity index (χ1) is 15.4. The van der Waals surface area contributed by atoms with Gasteiger partial charge in [0.2, 0.25) is 0 Å². The molecule has 0 radical (unpaired) electrons. The number of hydrogen-bond acceptors (Lipinski definition) is 7. The Balaban J connectivity index is 1.50. The van der Waals surface area contributed by atoms with Crippen molar-refractivity contribution in [1.82, 2.24) is 24.8 Å². The minimum absolute atomic E-state index is 0.141. The second kappa shape index (κ2) is 9.69. The number of carbonyl (C=O) groups excluding carboxylic acids is 1. The lowest BCUT2D eigenvalue weighted by Gasteiger charge is -2.33. The first kappa shape index (κ1) is 22.3. The number of nitrogens with zero attached hydrogens (tertiary/aromatic N) is 5. The van der Waals surface area contributed by atoms with Crippen LogP contribution in [0.2, 0.25) is 0 Å². The highest BCUT2D eigenvalue weighted by Crippen LogP contribution is 2.24. The lowest BCUT2D eigenvalue weighted by molar-refractivity contribution is -0.123. The fourth-order valence-electron chi connectivity index (χ4n) is 4.24. The monoisotopic (exact) mass is 432 g/mol. The second-order valence-corrected chi connectivity index (χ2v) is 9.23. The Morgan fingerprint density at radius 1 is 1.00 bits per heavy atom. The van der Waals surface area contributed by atoms with E-state index in [-0.39, 0.29) is 12.0 Å². The summed E-state index contributed by atoms with van der Waals surface area (Å²) in [6.45, 7) is 10.6.